The van der Waals surface area contributed by atoms with Crippen LogP contribution in [0.1, 0.15) is 44.0 Å². The van der Waals surface area contributed by atoms with E-state index in [1.165, 1.54) is 11.1 Å². The number of allylic oxidation sites excluding steroid dienone is 7. The van der Waals surface area contributed by atoms with Gasteiger partial charge in [-0.3, -0.25) is 14.6 Å². The number of piperidine rings is 1. The highest BCUT2D eigenvalue weighted by molar-refractivity contribution is 5.96. The number of benzene rings is 1. The van der Waals surface area contributed by atoms with Crippen LogP contribution in [-0.2, 0) is 18.4 Å². The van der Waals surface area contributed by atoms with Crippen molar-refractivity contribution >= 4 is 11.5 Å². The van der Waals surface area contributed by atoms with Crippen LogP contribution in [0, 0.1) is 17.8 Å². The van der Waals surface area contributed by atoms with Gasteiger partial charge in [-0.2, -0.15) is 0 Å². The van der Waals surface area contributed by atoms with Crippen LogP contribution in [0.2, 0.25) is 0 Å². The van der Waals surface area contributed by atoms with E-state index < -0.39 is 5.41 Å². The Bertz CT molecular complexity index is 1280. The Kier molecular flexibility index (Phi) is 6.32. The maximum absolute atomic E-state index is 14.1. The lowest BCUT2D eigenvalue weighted by molar-refractivity contribution is -0.135. The van der Waals surface area contributed by atoms with Crippen molar-refractivity contribution in [1.29, 1.82) is 0 Å². The fourth-order valence-electron chi connectivity index (χ4n) is 5.70. The summed E-state index contributed by atoms with van der Waals surface area (Å²) in [6.07, 6.45) is 21.0. The fourth-order valence-corrected chi connectivity index (χ4v) is 5.70. The molecule has 35 heavy (non-hydrogen) atoms. The van der Waals surface area contributed by atoms with Crippen LogP contribution < -0.4 is 0 Å². The number of carbonyl (C=O) groups excluding carboxylic acids is 1. The van der Waals surface area contributed by atoms with E-state index >= 15 is 0 Å². The van der Waals surface area contributed by atoms with Crippen LogP contribution in [0.4, 0.5) is 0 Å². The molecule has 5 heteroatoms. The minimum absolute atomic E-state index is 0.173. The van der Waals surface area contributed by atoms with E-state index in [9.17, 15) is 4.79 Å². The molecule has 2 aliphatic heterocycles. The Morgan fingerprint density at radius 3 is 2.51 bits per heavy atom. The van der Waals surface area contributed by atoms with Gasteiger partial charge < -0.3 is 4.57 Å². The molecular formula is C30H32N4O. The Labute approximate surface area is 208 Å². The summed E-state index contributed by atoms with van der Waals surface area (Å²) in [6.45, 7) is 4.47. The second kappa shape index (κ2) is 9.56. The first-order valence-corrected chi connectivity index (χ1v) is 12.4. The largest absolute Gasteiger partial charge is 0.337 e. The molecule has 0 saturated carbocycles. The van der Waals surface area contributed by atoms with E-state index in [0.717, 1.165) is 68.1 Å². The van der Waals surface area contributed by atoms with E-state index in [2.05, 4.69) is 56.8 Å². The fraction of sp³-hybridized carbons (Fsp3) is 0.333. The van der Waals surface area contributed by atoms with Gasteiger partial charge in [0.25, 0.3) is 0 Å². The van der Waals surface area contributed by atoms with Gasteiger partial charge in [0.1, 0.15) is 5.82 Å². The van der Waals surface area contributed by atoms with Crippen LogP contribution >= 0.6 is 0 Å². The maximum Gasteiger partial charge on any atom is 0.242 e. The molecule has 0 N–H and O–H groups in total. The lowest BCUT2D eigenvalue weighted by Gasteiger charge is -2.38. The molecule has 3 aliphatic rings. The average Bonchev–Trinajstić information content (AvgIpc) is 3.40. The lowest BCUT2D eigenvalue weighted by Crippen LogP contribution is -2.45. The molecule has 1 aromatic heterocycles. The third-order valence-electron chi connectivity index (χ3n) is 7.70. The van der Waals surface area contributed by atoms with E-state index in [-0.39, 0.29) is 5.91 Å². The molecule has 1 aliphatic carbocycles. The van der Waals surface area contributed by atoms with Crippen molar-refractivity contribution in [3.05, 3.63) is 95.4 Å². The van der Waals surface area contributed by atoms with E-state index in [1.807, 2.05) is 49.5 Å². The number of amides is 1. The van der Waals surface area contributed by atoms with E-state index in [0.29, 0.717) is 0 Å². The number of aryl methyl sites for hydroxylation is 1. The van der Waals surface area contributed by atoms with Crippen molar-refractivity contribution in [1.82, 2.24) is 19.4 Å². The van der Waals surface area contributed by atoms with E-state index in [4.69, 9.17) is 6.42 Å². The van der Waals surface area contributed by atoms with Crippen molar-refractivity contribution < 1.29 is 4.79 Å². The van der Waals surface area contributed by atoms with Crippen LogP contribution in [-0.4, -0.2) is 38.3 Å². The molecule has 2 fully saturated rings. The van der Waals surface area contributed by atoms with Crippen molar-refractivity contribution in [2.45, 2.75) is 39.2 Å². The number of imidazole rings is 1. The van der Waals surface area contributed by atoms with Crippen molar-refractivity contribution in [2.24, 2.45) is 12.5 Å². The third-order valence-corrected chi connectivity index (χ3v) is 7.70. The zero-order chi connectivity index (χ0) is 24.4. The van der Waals surface area contributed by atoms with Gasteiger partial charge in [-0.1, -0.05) is 48.4 Å². The second-order valence-corrected chi connectivity index (χ2v) is 9.57. The molecule has 5 nitrogen and oxygen atoms in total. The smallest absolute Gasteiger partial charge is 0.242 e. The first kappa shape index (κ1) is 23.1. The van der Waals surface area contributed by atoms with Gasteiger partial charge in [0.05, 0.1) is 12.0 Å². The highest BCUT2D eigenvalue weighted by Gasteiger charge is 2.54. The SMILES string of the molecule is C#C/C=C1\C(=C/C)N(C2=CC=C(c3ccccc3)CC2)C(=O)C12CCN(Cc1nccn1C)CC2. The van der Waals surface area contributed by atoms with Gasteiger partial charge in [0, 0.05) is 30.8 Å². The molecule has 0 radical (unpaired) electrons. The van der Waals surface area contributed by atoms with Gasteiger partial charge in [-0.25, -0.2) is 4.98 Å². The summed E-state index contributed by atoms with van der Waals surface area (Å²) in [5.74, 6) is 3.95. The molecule has 1 aromatic carbocycles. The normalized spacial score (nSPS) is 22.5. The van der Waals surface area contributed by atoms with Gasteiger partial charge in [0.2, 0.25) is 5.91 Å². The molecule has 1 amide bonds. The number of likely N-dealkylation sites (tertiary alicyclic amines) is 2. The quantitative estimate of drug-likeness (QED) is 0.594. The maximum atomic E-state index is 14.1. The monoisotopic (exact) mass is 464 g/mol. The van der Waals surface area contributed by atoms with Crippen molar-refractivity contribution in [3.63, 3.8) is 0 Å². The number of nitrogens with zero attached hydrogens (tertiary/aromatic N) is 4. The Morgan fingerprint density at radius 1 is 1.14 bits per heavy atom. The summed E-state index contributed by atoms with van der Waals surface area (Å²) < 4.78 is 2.06. The molecule has 5 rings (SSSR count). The molecule has 2 saturated heterocycles. The molecule has 2 aromatic rings. The van der Waals surface area contributed by atoms with Crippen LogP contribution in [0.3, 0.4) is 0 Å². The molecule has 0 bridgehead atoms. The molecule has 0 atom stereocenters. The van der Waals surface area contributed by atoms with Crippen molar-refractivity contribution in [3.8, 4) is 12.3 Å². The van der Waals surface area contributed by atoms with Gasteiger partial charge >= 0.3 is 0 Å². The highest BCUT2D eigenvalue weighted by Crippen LogP contribution is 2.52. The van der Waals surface area contributed by atoms with Crippen LogP contribution in [0.5, 0.6) is 0 Å². The predicted molar refractivity (Wildman–Crippen MR) is 139 cm³/mol. The molecular weight excluding hydrogens is 432 g/mol. The highest BCUT2D eigenvalue weighted by atomic mass is 16.2. The summed E-state index contributed by atoms with van der Waals surface area (Å²) in [6, 6.07) is 10.5. The number of hydrogen-bond donors (Lipinski definition) is 0. The minimum atomic E-state index is -0.559. The van der Waals surface area contributed by atoms with Crippen molar-refractivity contribution in [2.75, 3.05) is 13.1 Å². The van der Waals surface area contributed by atoms with Crippen LogP contribution in [0.25, 0.3) is 5.57 Å². The Hall–Kier alpha value is -3.62. The first-order chi connectivity index (χ1) is 17.1. The van der Waals surface area contributed by atoms with Gasteiger partial charge in [-0.05, 0) is 74.6 Å². The molecule has 0 unspecified atom stereocenters. The number of carbonyl (C=O) groups is 1. The Balaban J connectivity index is 1.42. The second-order valence-electron chi connectivity index (χ2n) is 9.57. The number of aromatic nitrogens is 2. The van der Waals surface area contributed by atoms with E-state index in [1.54, 1.807) is 0 Å². The van der Waals surface area contributed by atoms with Gasteiger partial charge in [-0.15, -0.1) is 6.42 Å². The number of terminal acetylenes is 1. The topological polar surface area (TPSA) is 41.4 Å². The zero-order valence-electron chi connectivity index (χ0n) is 20.6. The first-order valence-electron chi connectivity index (χ1n) is 12.4. The number of rotatable bonds is 4. The average molecular weight is 465 g/mol. The predicted octanol–water partition coefficient (Wildman–Crippen LogP) is 5.07. The molecule has 1 spiro atoms. The number of hydrogen-bond acceptors (Lipinski definition) is 3. The lowest BCUT2D eigenvalue weighted by atomic mass is 9.73. The molecule has 178 valence electrons. The molecule has 3 heterocycles. The standard InChI is InChI=1S/C30H32N4O/c1-4-9-26-27(5-2)34(25-14-12-24(13-15-25)23-10-7-6-8-11-23)29(35)30(26)16-19-33(20-17-30)22-28-31-18-21-32(28)3/h1,5-12,14,18,21H,13,15-17,19-20,22H2,2-3H3/b26-9+,27-5+. The summed E-state index contributed by atoms with van der Waals surface area (Å²) in [4.78, 5) is 23.0. The van der Waals surface area contributed by atoms with Crippen LogP contribution in [0.15, 0.2) is 84.0 Å². The minimum Gasteiger partial charge on any atom is -0.337 e. The summed E-state index contributed by atoms with van der Waals surface area (Å²) in [7, 11) is 2.02. The summed E-state index contributed by atoms with van der Waals surface area (Å²) >= 11 is 0. The zero-order valence-corrected chi connectivity index (χ0v) is 20.6. The Morgan fingerprint density at radius 2 is 1.91 bits per heavy atom. The summed E-state index contributed by atoms with van der Waals surface area (Å²) in [5, 5.41) is 0. The summed E-state index contributed by atoms with van der Waals surface area (Å²) in [5.41, 5.74) is 5.00. The third kappa shape index (κ3) is 4.09. The van der Waals surface area contributed by atoms with Gasteiger partial charge in [0.15, 0.2) is 0 Å².